The second-order valence-corrected chi connectivity index (χ2v) is 11.2. The number of carbonyl (C=O) groups excluding carboxylic acids is 6. The third-order valence-electron chi connectivity index (χ3n) is 5.01. The van der Waals surface area contributed by atoms with E-state index in [1.807, 2.05) is 13.8 Å². The Morgan fingerprint density at radius 2 is 1.34 bits per heavy atom. The first-order valence-corrected chi connectivity index (χ1v) is 12.5. The van der Waals surface area contributed by atoms with Crippen molar-refractivity contribution >= 4 is 35.7 Å². The van der Waals surface area contributed by atoms with Crippen LogP contribution in [0.15, 0.2) is 0 Å². The molecule has 0 fully saturated rings. The van der Waals surface area contributed by atoms with Crippen LogP contribution in [0.3, 0.4) is 0 Å². The highest BCUT2D eigenvalue weighted by Crippen LogP contribution is 2.11. The van der Waals surface area contributed by atoms with Gasteiger partial charge in [-0.1, -0.05) is 27.7 Å². The molecule has 0 rings (SSSR count). The lowest BCUT2D eigenvalue weighted by Crippen LogP contribution is -2.62. The van der Waals surface area contributed by atoms with Crippen LogP contribution in [-0.2, 0) is 33.4 Å². The van der Waals surface area contributed by atoms with Gasteiger partial charge in [0.1, 0.15) is 29.8 Å². The minimum atomic E-state index is -1.42. The minimum Gasteiger partial charge on any atom is -0.467 e. The fourth-order valence-corrected chi connectivity index (χ4v) is 3.05. The fraction of sp³-hybridized carbons (Fsp3) is 0.760. The van der Waals surface area contributed by atoms with Crippen molar-refractivity contribution in [1.29, 1.82) is 0 Å². The number of nitrogens with one attached hydrogen (secondary N) is 5. The predicted octanol–water partition coefficient (Wildman–Crippen LogP) is 0.367. The van der Waals surface area contributed by atoms with Gasteiger partial charge < -0.3 is 36.1 Å². The molecular formula is C25H45N5O8. The monoisotopic (exact) mass is 543 g/mol. The van der Waals surface area contributed by atoms with Gasteiger partial charge in [0.2, 0.25) is 23.6 Å². The molecule has 13 nitrogen and oxygen atoms in total. The van der Waals surface area contributed by atoms with E-state index < -0.39 is 72.0 Å². The number of hydrogen-bond donors (Lipinski definition) is 5. The van der Waals surface area contributed by atoms with E-state index in [1.54, 1.807) is 34.6 Å². The summed E-state index contributed by atoms with van der Waals surface area (Å²) in [6, 6.07) is -1.89. The summed E-state index contributed by atoms with van der Waals surface area (Å²) < 4.78 is 9.77. The largest absolute Gasteiger partial charge is 0.467 e. The Hall–Kier alpha value is -3.38. The highest BCUT2D eigenvalue weighted by Gasteiger charge is 2.36. The van der Waals surface area contributed by atoms with Crippen LogP contribution in [0.4, 0.5) is 4.79 Å². The average Bonchev–Trinajstić information content (AvgIpc) is 2.76. The van der Waals surface area contributed by atoms with E-state index >= 15 is 0 Å². The molecule has 0 aliphatic heterocycles. The summed E-state index contributed by atoms with van der Waals surface area (Å²) in [6.45, 7) is 14.4. The van der Waals surface area contributed by atoms with Crippen LogP contribution >= 0.6 is 0 Å². The minimum absolute atomic E-state index is 0.0141. The normalized spacial score (nSPS) is 13.2. The van der Waals surface area contributed by atoms with Gasteiger partial charge in [0, 0.05) is 0 Å². The molecule has 0 radical (unpaired) electrons. The molecule has 0 saturated carbocycles. The number of rotatable bonds is 13. The molecule has 5 N–H and O–H groups in total. The van der Waals surface area contributed by atoms with Crippen LogP contribution in [0.25, 0.3) is 0 Å². The van der Waals surface area contributed by atoms with E-state index in [0.717, 1.165) is 0 Å². The van der Waals surface area contributed by atoms with Gasteiger partial charge in [-0.25, -0.2) is 9.59 Å². The summed E-state index contributed by atoms with van der Waals surface area (Å²) in [4.78, 5) is 73.9. The first-order chi connectivity index (χ1) is 17.3. The van der Waals surface area contributed by atoms with Crippen LogP contribution in [0, 0.1) is 11.8 Å². The Bertz CT molecular complexity index is 864. The zero-order valence-electron chi connectivity index (χ0n) is 24.2. The van der Waals surface area contributed by atoms with Gasteiger partial charge in [-0.05, 0) is 52.9 Å². The van der Waals surface area contributed by atoms with Gasteiger partial charge >= 0.3 is 12.1 Å². The lowest BCUT2D eigenvalue weighted by Gasteiger charge is -2.31. The quantitative estimate of drug-likeness (QED) is 0.207. The maximum Gasteiger partial charge on any atom is 0.408 e. The van der Waals surface area contributed by atoms with Crippen molar-refractivity contribution in [3.63, 3.8) is 0 Å². The summed E-state index contributed by atoms with van der Waals surface area (Å²) >= 11 is 0. The Balaban J connectivity index is 5.08. The van der Waals surface area contributed by atoms with E-state index in [2.05, 4.69) is 26.6 Å². The first-order valence-electron chi connectivity index (χ1n) is 12.5. The molecule has 13 heteroatoms. The third kappa shape index (κ3) is 13.8. The van der Waals surface area contributed by atoms with Gasteiger partial charge in [-0.3, -0.25) is 19.2 Å². The number of hydrogen-bond acceptors (Lipinski definition) is 8. The molecule has 38 heavy (non-hydrogen) atoms. The Morgan fingerprint density at radius 3 is 1.82 bits per heavy atom. The summed E-state index contributed by atoms with van der Waals surface area (Å²) in [5.74, 6) is -3.31. The lowest BCUT2D eigenvalue weighted by atomic mass is 9.98. The third-order valence-corrected chi connectivity index (χ3v) is 5.01. The van der Waals surface area contributed by atoms with Gasteiger partial charge in [-0.2, -0.15) is 0 Å². The van der Waals surface area contributed by atoms with Crippen LogP contribution in [0.5, 0.6) is 0 Å². The number of ether oxygens (including phenoxy) is 2. The summed E-state index contributed by atoms with van der Waals surface area (Å²) in [5.41, 5.74) is -2.14. The first kappa shape index (κ1) is 34.6. The van der Waals surface area contributed by atoms with Crippen molar-refractivity contribution in [3.8, 4) is 0 Å². The molecule has 2 atom stereocenters. The molecule has 0 aromatic heterocycles. The van der Waals surface area contributed by atoms with Crippen molar-refractivity contribution in [2.75, 3.05) is 20.2 Å². The number of alkyl carbamates (subject to hydrolysis) is 1. The van der Waals surface area contributed by atoms with Gasteiger partial charge in [0.05, 0.1) is 13.7 Å². The van der Waals surface area contributed by atoms with Crippen molar-refractivity contribution in [2.45, 2.75) is 92.0 Å². The predicted molar refractivity (Wildman–Crippen MR) is 140 cm³/mol. The van der Waals surface area contributed by atoms with E-state index in [4.69, 9.17) is 9.47 Å². The SMILES string of the molecule is COC(=O)[C@@H](NC(=O)C(C)(C)NC(=O)[C@H](CC(C)C)NC(=O)CNC(=O)CNC(=O)OC(C)(C)C)C(C)C. The molecular weight excluding hydrogens is 498 g/mol. The molecule has 0 aromatic carbocycles. The Morgan fingerprint density at radius 1 is 0.789 bits per heavy atom. The molecule has 0 aliphatic carbocycles. The maximum atomic E-state index is 13.0. The highest BCUT2D eigenvalue weighted by atomic mass is 16.6. The van der Waals surface area contributed by atoms with Crippen molar-refractivity contribution in [2.24, 2.45) is 11.8 Å². The topological polar surface area (TPSA) is 181 Å². The molecule has 0 unspecified atom stereocenters. The molecule has 0 heterocycles. The van der Waals surface area contributed by atoms with E-state index in [9.17, 15) is 28.8 Å². The molecule has 0 spiro atoms. The zero-order valence-corrected chi connectivity index (χ0v) is 24.2. The van der Waals surface area contributed by atoms with Crippen LogP contribution in [0.1, 0.15) is 68.7 Å². The van der Waals surface area contributed by atoms with E-state index in [-0.39, 0.29) is 18.3 Å². The Labute approximate surface area is 224 Å². The Kier molecular flexibility index (Phi) is 13.8. The zero-order chi connectivity index (χ0) is 29.8. The molecule has 0 aromatic rings. The van der Waals surface area contributed by atoms with Crippen LogP contribution in [-0.4, -0.2) is 79.1 Å². The highest BCUT2D eigenvalue weighted by molar-refractivity contribution is 5.96. The average molecular weight is 544 g/mol. The fourth-order valence-electron chi connectivity index (χ4n) is 3.05. The van der Waals surface area contributed by atoms with E-state index in [0.29, 0.717) is 0 Å². The molecule has 5 amide bonds. The molecule has 0 bridgehead atoms. The number of esters is 1. The molecule has 218 valence electrons. The van der Waals surface area contributed by atoms with Crippen LogP contribution < -0.4 is 26.6 Å². The summed E-state index contributed by atoms with van der Waals surface area (Å²) in [5, 5.41) is 12.4. The van der Waals surface area contributed by atoms with Crippen molar-refractivity contribution in [3.05, 3.63) is 0 Å². The summed E-state index contributed by atoms with van der Waals surface area (Å²) in [7, 11) is 1.22. The van der Waals surface area contributed by atoms with Gasteiger partial charge in [-0.15, -0.1) is 0 Å². The van der Waals surface area contributed by atoms with Crippen LogP contribution in [0.2, 0.25) is 0 Å². The van der Waals surface area contributed by atoms with Crippen molar-refractivity contribution < 1.29 is 38.2 Å². The lowest BCUT2D eigenvalue weighted by molar-refractivity contribution is -0.147. The second-order valence-electron chi connectivity index (χ2n) is 11.2. The van der Waals surface area contributed by atoms with Gasteiger partial charge in [0.25, 0.3) is 0 Å². The maximum absolute atomic E-state index is 13.0. The number of carbonyl (C=O) groups is 6. The molecule has 0 aliphatic rings. The number of methoxy groups -OCH3 is 1. The molecule has 0 saturated heterocycles. The standard InChI is InChI=1S/C25H45N5O8/c1-14(2)11-16(28-18(32)13-26-17(31)12-27-23(36)38-24(5,6)7)20(33)30-25(8,9)22(35)29-19(15(3)4)21(34)37-10/h14-16,19H,11-13H2,1-10H3,(H,26,31)(H,27,36)(H,28,32)(H,29,35)(H,30,33)/t16-,19-/m0/s1. The smallest absolute Gasteiger partial charge is 0.408 e. The summed E-state index contributed by atoms with van der Waals surface area (Å²) in [6.07, 6.45) is -0.510. The van der Waals surface area contributed by atoms with Gasteiger partial charge in [0.15, 0.2) is 0 Å². The number of amides is 5. The van der Waals surface area contributed by atoms with Crippen molar-refractivity contribution in [1.82, 2.24) is 26.6 Å². The second kappa shape index (κ2) is 15.1. The van der Waals surface area contributed by atoms with E-state index in [1.165, 1.54) is 21.0 Å².